The lowest BCUT2D eigenvalue weighted by molar-refractivity contribution is 0.101. The highest BCUT2D eigenvalue weighted by Gasteiger charge is 2.09. The number of aromatic amines is 1. The number of H-pyrrole nitrogens is 1. The van der Waals surface area contributed by atoms with Gasteiger partial charge < -0.3 is 4.98 Å². The largest absolute Gasteiger partial charge is 0.364 e. The van der Waals surface area contributed by atoms with E-state index in [-0.39, 0.29) is 5.78 Å². The number of rotatable bonds is 2. The van der Waals surface area contributed by atoms with Crippen molar-refractivity contribution >= 4 is 5.78 Å². The van der Waals surface area contributed by atoms with Gasteiger partial charge in [0.25, 0.3) is 0 Å². The second kappa shape index (κ2) is 2.91. The standard InChI is InChI=1S/C9H13NO/c1-4-8-5-10-6(2)9(8)7(3)11/h5,10H,4H2,1-3H3. The van der Waals surface area contributed by atoms with Gasteiger partial charge in [-0.15, -0.1) is 0 Å². The van der Waals surface area contributed by atoms with Gasteiger partial charge >= 0.3 is 0 Å². The molecule has 0 aliphatic heterocycles. The Labute approximate surface area is 66.6 Å². The summed E-state index contributed by atoms with van der Waals surface area (Å²) in [5.41, 5.74) is 2.97. The molecule has 2 heteroatoms. The third-order valence-corrected chi connectivity index (χ3v) is 1.89. The van der Waals surface area contributed by atoms with Crippen molar-refractivity contribution in [1.29, 1.82) is 0 Å². The van der Waals surface area contributed by atoms with Gasteiger partial charge in [0.05, 0.1) is 0 Å². The third kappa shape index (κ3) is 1.34. The van der Waals surface area contributed by atoms with E-state index in [1.165, 1.54) is 0 Å². The molecule has 0 amide bonds. The van der Waals surface area contributed by atoms with Crippen molar-refractivity contribution in [2.75, 3.05) is 0 Å². The van der Waals surface area contributed by atoms with E-state index in [2.05, 4.69) is 11.9 Å². The minimum Gasteiger partial charge on any atom is -0.364 e. The maximum absolute atomic E-state index is 11.1. The summed E-state index contributed by atoms with van der Waals surface area (Å²) in [5.74, 6) is 0.153. The first-order valence-corrected chi connectivity index (χ1v) is 3.84. The van der Waals surface area contributed by atoms with Crippen molar-refractivity contribution in [2.45, 2.75) is 27.2 Å². The summed E-state index contributed by atoms with van der Waals surface area (Å²) in [4.78, 5) is 14.1. The van der Waals surface area contributed by atoms with Crippen LogP contribution in [0.1, 0.15) is 35.5 Å². The summed E-state index contributed by atoms with van der Waals surface area (Å²) in [6.07, 6.45) is 2.82. The number of hydrogen-bond donors (Lipinski definition) is 1. The van der Waals surface area contributed by atoms with E-state index in [9.17, 15) is 4.79 Å². The molecule has 0 aromatic carbocycles. The van der Waals surface area contributed by atoms with Gasteiger partial charge in [-0.3, -0.25) is 4.79 Å². The third-order valence-electron chi connectivity index (χ3n) is 1.89. The minimum absolute atomic E-state index is 0.153. The van der Waals surface area contributed by atoms with E-state index >= 15 is 0 Å². The van der Waals surface area contributed by atoms with Crippen LogP contribution in [0.5, 0.6) is 0 Å². The van der Waals surface area contributed by atoms with Crippen LogP contribution in [0.15, 0.2) is 6.20 Å². The van der Waals surface area contributed by atoms with Gasteiger partial charge in [-0.25, -0.2) is 0 Å². The first-order chi connectivity index (χ1) is 5.16. The second-order valence-electron chi connectivity index (χ2n) is 2.72. The number of ketones is 1. The second-order valence-corrected chi connectivity index (χ2v) is 2.72. The van der Waals surface area contributed by atoms with Crippen LogP contribution < -0.4 is 0 Å². The number of Topliss-reactive ketones (excluding diaryl/α,β-unsaturated/α-hetero) is 1. The molecule has 0 aliphatic rings. The quantitative estimate of drug-likeness (QED) is 0.645. The van der Waals surface area contributed by atoms with E-state index in [0.717, 1.165) is 23.2 Å². The average molecular weight is 151 g/mol. The molecule has 1 heterocycles. The van der Waals surface area contributed by atoms with Crippen LogP contribution in [-0.2, 0) is 6.42 Å². The molecular formula is C9H13NO. The molecule has 11 heavy (non-hydrogen) atoms. The molecule has 0 aliphatic carbocycles. The zero-order chi connectivity index (χ0) is 8.43. The first-order valence-electron chi connectivity index (χ1n) is 3.84. The summed E-state index contributed by atoms with van der Waals surface area (Å²) in [7, 11) is 0. The Kier molecular flexibility index (Phi) is 2.13. The van der Waals surface area contributed by atoms with Crippen molar-refractivity contribution in [3.63, 3.8) is 0 Å². The van der Waals surface area contributed by atoms with Crippen molar-refractivity contribution in [3.8, 4) is 0 Å². The van der Waals surface area contributed by atoms with Gasteiger partial charge in [-0.1, -0.05) is 6.92 Å². The maximum atomic E-state index is 11.1. The monoisotopic (exact) mass is 151 g/mol. The van der Waals surface area contributed by atoms with Gasteiger partial charge in [-0.2, -0.15) is 0 Å². The van der Waals surface area contributed by atoms with Crippen molar-refractivity contribution < 1.29 is 4.79 Å². The minimum atomic E-state index is 0.153. The molecule has 0 atom stereocenters. The molecule has 2 nitrogen and oxygen atoms in total. The predicted octanol–water partition coefficient (Wildman–Crippen LogP) is 2.09. The van der Waals surface area contributed by atoms with E-state index in [1.807, 2.05) is 13.1 Å². The molecule has 0 spiro atoms. The van der Waals surface area contributed by atoms with Gasteiger partial charge in [-0.05, 0) is 25.8 Å². The Morgan fingerprint density at radius 1 is 1.64 bits per heavy atom. The molecule has 60 valence electrons. The Morgan fingerprint density at radius 3 is 2.64 bits per heavy atom. The number of aromatic nitrogens is 1. The zero-order valence-electron chi connectivity index (χ0n) is 7.19. The Balaban J connectivity index is 3.17. The molecular weight excluding hydrogens is 138 g/mol. The van der Waals surface area contributed by atoms with E-state index in [0.29, 0.717) is 0 Å². The van der Waals surface area contributed by atoms with Crippen LogP contribution in [0.25, 0.3) is 0 Å². The molecule has 1 N–H and O–H groups in total. The van der Waals surface area contributed by atoms with Crippen molar-refractivity contribution in [1.82, 2.24) is 4.98 Å². The fourth-order valence-electron chi connectivity index (χ4n) is 1.35. The van der Waals surface area contributed by atoms with Gasteiger partial charge in [0.15, 0.2) is 5.78 Å². The van der Waals surface area contributed by atoms with Crippen LogP contribution in [0.4, 0.5) is 0 Å². The van der Waals surface area contributed by atoms with E-state index in [4.69, 9.17) is 0 Å². The van der Waals surface area contributed by atoms with Crippen LogP contribution in [0.3, 0.4) is 0 Å². The van der Waals surface area contributed by atoms with Gasteiger partial charge in [0.2, 0.25) is 0 Å². The number of carbonyl (C=O) groups excluding carboxylic acids is 1. The van der Waals surface area contributed by atoms with Crippen LogP contribution in [0, 0.1) is 6.92 Å². The molecule has 0 saturated heterocycles. The molecule has 1 aromatic rings. The van der Waals surface area contributed by atoms with Crippen molar-refractivity contribution in [2.24, 2.45) is 0 Å². The fourth-order valence-corrected chi connectivity index (χ4v) is 1.35. The summed E-state index contributed by atoms with van der Waals surface area (Å²) in [6, 6.07) is 0. The normalized spacial score (nSPS) is 10.1. The highest BCUT2D eigenvalue weighted by molar-refractivity contribution is 5.96. The van der Waals surface area contributed by atoms with Crippen LogP contribution in [0.2, 0.25) is 0 Å². The van der Waals surface area contributed by atoms with Gasteiger partial charge in [0.1, 0.15) is 0 Å². The molecule has 1 rings (SSSR count). The molecule has 1 aromatic heterocycles. The lowest BCUT2D eigenvalue weighted by Gasteiger charge is -1.96. The SMILES string of the molecule is CCc1c[nH]c(C)c1C(C)=O. The van der Waals surface area contributed by atoms with Crippen LogP contribution in [-0.4, -0.2) is 10.8 Å². The smallest absolute Gasteiger partial charge is 0.161 e. The zero-order valence-corrected chi connectivity index (χ0v) is 7.19. The predicted molar refractivity (Wildman–Crippen MR) is 44.9 cm³/mol. The molecule has 0 unspecified atom stereocenters. The Hall–Kier alpha value is -1.05. The summed E-state index contributed by atoms with van der Waals surface area (Å²) >= 11 is 0. The number of aryl methyl sites for hydroxylation is 2. The highest BCUT2D eigenvalue weighted by Crippen LogP contribution is 2.14. The number of hydrogen-bond acceptors (Lipinski definition) is 1. The number of nitrogens with one attached hydrogen (secondary N) is 1. The summed E-state index contributed by atoms with van der Waals surface area (Å²) in [5, 5.41) is 0. The molecule has 0 radical (unpaired) electrons. The van der Waals surface area contributed by atoms with Crippen molar-refractivity contribution in [3.05, 3.63) is 23.0 Å². The lowest BCUT2D eigenvalue weighted by Crippen LogP contribution is -1.96. The molecule has 0 fully saturated rings. The summed E-state index contributed by atoms with van der Waals surface area (Å²) in [6.45, 7) is 5.58. The molecule has 0 saturated carbocycles. The summed E-state index contributed by atoms with van der Waals surface area (Å²) < 4.78 is 0. The Morgan fingerprint density at radius 2 is 2.27 bits per heavy atom. The Bertz CT molecular complexity index is 273. The number of carbonyl (C=O) groups is 1. The highest BCUT2D eigenvalue weighted by atomic mass is 16.1. The fraction of sp³-hybridized carbons (Fsp3) is 0.444. The average Bonchev–Trinajstić information content (AvgIpc) is 2.30. The van der Waals surface area contributed by atoms with Gasteiger partial charge in [0, 0.05) is 17.5 Å². The van der Waals surface area contributed by atoms with E-state index in [1.54, 1.807) is 6.92 Å². The van der Waals surface area contributed by atoms with Crippen LogP contribution >= 0.6 is 0 Å². The first kappa shape index (κ1) is 8.05. The maximum Gasteiger partial charge on any atom is 0.161 e. The topological polar surface area (TPSA) is 32.9 Å². The van der Waals surface area contributed by atoms with E-state index < -0.39 is 0 Å². The lowest BCUT2D eigenvalue weighted by atomic mass is 10.1. The molecule has 0 bridgehead atoms.